The van der Waals surface area contributed by atoms with Gasteiger partial charge in [0.15, 0.2) is 0 Å². The summed E-state index contributed by atoms with van der Waals surface area (Å²) in [6.07, 6.45) is 0. The Labute approximate surface area is 92.1 Å². The van der Waals surface area contributed by atoms with Gasteiger partial charge in [-0.2, -0.15) is 23.2 Å². The van der Waals surface area contributed by atoms with E-state index in [9.17, 15) is 0 Å². The summed E-state index contributed by atoms with van der Waals surface area (Å²) in [6, 6.07) is 0. The van der Waals surface area contributed by atoms with Gasteiger partial charge in [-0.3, -0.25) is 11.3 Å². The van der Waals surface area contributed by atoms with E-state index in [1.54, 1.807) is 0 Å². The van der Waals surface area contributed by atoms with Gasteiger partial charge in [0, 0.05) is 0 Å². The van der Waals surface area contributed by atoms with Crippen LogP contribution < -0.4 is 0 Å². The van der Waals surface area contributed by atoms with Gasteiger partial charge in [-0.05, 0) is 4.34 Å². The summed E-state index contributed by atoms with van der Waals surface area (Å²) in [5.41, 5.74) is 0. The summed E-state index contributed by atoms with van der Waals surface area (Å²) < 4.78 is 0.497. The van der Waals surface area contributed by atoms with Gasteiger partial charge in [-0.1, -0.05) is 10.0 Å². The van der Waals surface area contributed by atoms with Gasteiger partial charge in [-0.15, -0.1) is 17.0 Å². The van der Waals surface area contributed by atoms with Gasteiger partial charge in [-0.25, -0.2) is 0 Å². The second kappa shape index (κ2) is 6.05. The fourth-order valence-electron chi connectivity index (χ4n) is 0.265. The van der Waals surface area contributed by atoms with E-state index in [0.29, 0.717) is 14.4 Å². The van der Waals surface area contributed by atoms with E-state index in [1.807, 2.05) is 0 Å². The molecule has 0 N–H and O–H groups in total. The average molecular weight is 287 g/mol. The predicted molar refractivity (Wildman–Crippen MR) is 44.0 cm³/mol. The Kier molecular flexibility index (Phi) is 6.95. The summed E-state index contributed by atoms with van der Waals surface area (Å²) in [5.74, 6) is 0. The Morgan fingerprint density at radius 1 is 1.20 bits per heavy atom. The Balaban J connectivity index is 0.000000371. The molecule has 0 aromatic carbocycles. The van der Waals surface area contributed by atoms with Gasteiger partial charge >= 0.3 is 27.0 Å². The molecule has 52 valence electrons. The summed E-state index contributed by atoms with van der Waals surface area (Å²) in [4.78, 5) is 0. The molecule has 1 aromatic heterocycles. The van der Waals surface area contributed by atoms with Crippen LogP contribution in [0.25, 0.3) is 0 Å². The zero-order valence-corrected chi connectivity index (χ0v) is 11.4. The van der Waals surface area contributed by atoms with Crippen LogP contribution in [0, 0.1) is 5.38 Å². The molecule has 0 bridgehead atoms. The van der Waals surface area contributed by atoms with Crippen LogP contribution in [0.15, 0.2) is 0 Å². The Morgan fingerprint density at radius 3 is 1.80 bits per heavy atom. The van der Waals surface area contributed by atoms with Crippen LogP contribution in [0.4, 0.5) is 0 Å². The minimum atomic E-state index is 0.401. The molecule has 0 atom stereocenters. The first kappa shape index (κ1) is 11.5. The average Bonchev–Trinajstić information content (AvgIpc) is 2.25. The molecule has 0 spiro atoms. The Morgan fingerprint density at radius 2 is 1.70 bits per heavy atom. The van der Waals surface area contributed by atoms with Crippen LogP contribution in [0.1, 0.15) is 0 Å². The van der Waals surface area contributed by atoms with Crippen molar-refractivity contribution >= 4 is 55.8 Å². The molecule has 0 saturated heterocycles. The summed E-state index contributed by atoms with van der Waals surface area (Å²) >= 11 is 18.5. The van der Waals surface area contributed by atoms with E-state index in [4.69, 9.17) is 44.5 Å². The molecular weight excluding hydrogens is 287 g/mol. The molecular formula is C4Cl4SZn. The molecule has 0 fully saturated rings. The van der Waals surface area contributed by atoms with Gasteiger partial charge in [0.05, 0.1) is 0 Å². The van der Waals surface area contributed by atoms with Crippen molar-refractivity contribution in [1.82, 2.24) is 0 Å². The first-order chi connectivity index (χ1) is 4.72. The molecule has 0 radical (unpaired) electrons. The van der Waals surface area contributed by atoms with Crippen LogP contribution in [-0.2, 0) is 17.3 Å². The molecule has 10 heavy (non-hydrogen) atoms. The van der Waals surface area contributed by atoms with Crippen molar-refractivity contribution in [2.45, 2.75) is 0 Å². The van der Waals surface area contributed by atoms with Crippen molar-refractivity contribution in [2.75, 3.05) is 0 Å². The number of hydrogen-bond acceptors (Lipinski definition) is 1. The summed E-state index contributed by atoms with van der Waals surface area (Å²) in [6.45, 7) is 0. The monoisotopic (exact) mass is 284 g/mol. The van der Waals surface area contributed by atoms with E-state index in [2.05, 4.69) is 5.38 Å². The number of rotatable bonds is 0. The number of halogens is 4. The zero-order valence-electron chi connectivity index (χ0n) is 4.63. The van der Waals surface area contributed by atoms with Crippen molar-refractivity contribution in [1.29, 1.82) is 0 Å². The van der Waals surface area contributed by atoms with Crippen molar-refractivity contribution < 1.29 is 17.3 Å². The molecule has 1 rings (SSSR count). The Bertz CT molecular complexity index is 180. The van der Waals surface area contributed by atoms with E-state index in [1.165, 1.54) is 11.3 Å². The first-order valence-corrected chi connectivity index (χ1v) is 7.84. The molecule has 0 saturated carbocycles. The summed E-state index contributed by atoms with van der Waals surface area (Å²) in [7, 11) is 4.76. The van der Waals surface area contributed by atoms with Crippen LogP contribution in [-0.4, -0.2) is 0 Å². The number of thiophene rings is 1. The molecule has 0 aliphatic carbocycles. The van der Waals surface area contributed by atoms with Crippen LogP contribution in [0.3, 0.4) is 0 Å². The van der Waals surface area contributed by atoms with Crippen LogP contribution >= 0.6 is 55.8 Å². The van der Waals surface area contributed by atoms with E-state index < -0.39 is 0 Å². The fraction of sp³-hybridized carbons (Fsp3) is 0. The van der Waals surface area contributed by atoms with Gasteiger partial charge in [0.1, 0.15) is 0 Å². The third-order valence-corrected chi connectivity index (χ3v) is 2.78. The second-order valence-electron chi connectivity index (χ2n) is 1.11. The molecule has 0 unspecified atom stereocenters. The van der Waals surface area contributed by atoms with E-state index in [-0.39, 0.29) is 0 Å². The predicted octanol–water partition coefficient (Wildman–Crippen LogP) is 4.20. The van der Waals surface area contributed by atoms with Crippen molar-refractivity contribution in [3.05, 3.63) is 19.8 Å². The van der Waals surface area contributed by atoms with E-state index >= 15 is 0 Å². The van der Waals surface area contributed by atoms with Gasteiger partial charge < -0.3 is 0 Å². The number of hydrogen-bond donors (Lipinski definition) is 0. The van der Waals surface area contributed by atoms with Crippen molar-refractivity contribution in [3.8, 4) is 0 Å². The van der Waals surface area contributed by atoms with E-state index in [0.717, 1.165) is 17.3 Å². The third kappa shape index (κ3) is 3.25. The normalized spacial score (nSPS) is 8.60. The van der Waals surface area contributed by atoms with Gasteiger partial charge in [0.25, 0.3) is 0 Å². The summed E-state index contributed by atoms with van der Waals surface area (Å²) in [5, 5.41) is 3.49. The standard InChI is InChI=1S/C4Cl3S.ClH.Zn/c5-2-1-8-4(7)3(2)6;;/h;1H;/q-1;;+2/p-1. The van der Waals surface area contributed by atoms with Crippen molar-refractivity contribution in [3.63, 3.8) is 0 Å². The first-order valence-electron chi connectivity index (χ1n) is 1.99. The molecule has 6 heteroatoms. The minimum absolute atomic E-state index is 0.401. The van der Waals surface area contributed by atoms with Gasteiger partial charge in [0.2, 0.25) is 0 Å². The Hall–Kier alpha value is 1.48. The van der Waals surface area contributed by atoms with Crippen LogP contribution in [0.2, 0.25) is 14.4 Å². The molecule has 0 nitrogen and oxygen atoms in total. The molecule has 1 aromatic rings. The third-order valence-electron chi connectivity index (χ3n) is 0.596. The topological polar surface area (TPSA) is 0 Å². The fourth-order valence-corrected chi connectivity index (χ4v) is 1.48. The van der Waals surface area contributed by atoms with Crippen LogP contribution in [0.5, 0.6) is 0 Å². The second-order valence-corrected chi connectivity index (χ2v) is 3.28. The molecule has 1 heterocycles. The molecule has 0 amide bonds. The quantitative estimate of drug-likeness (QED) is 0.495. The molecule has 0 aliphatic heterocycles. The SMILES string of the molecule is Clc1[c-]sc(Cl)c1Cl.[Cl][Zn+]. The maximum atomic E-state index is 5.51. The molecule has 0 aliphatic rings. The zero-order chi connectivity index (χ0) is 8.15. The maximum absolute atomic E-state index is 5.51. The van der Waals surface area contributed by atoms with Crippen molar-refractivity contribution in [2.24, 2.45) is 0 Å².